The summed E-state index contributed by atoms with van der Waals surface area (Å²) in [6.45, 7) is 1.90. The second kappa shape index (κ2) is 5.12. The fourth-order valence-corrected chi connectivity index (χ4v) is 3.60. The van der Waals surface area contributed by atoms with E-state index in [1.807, 2.05) is 6.92 Å². The van der Waals surface area contributed by atoms with Crippen LogP contribution in [-0.2, 0) is 9.59 Å². The predicted molar refractivity (Wildman–Crippen MR) is 66.7 cm³/mol. The Kier molecular flexibility index (Phi) is 3.76. The van der Waals surface area contributed by atoms with E-state index in [9.17, 15) is 9.59 Å². The Morgan fingerprint density at radius 2 is 2.29 bits per heavy atom. The van der Waals surface area contributed by atoms with Crippen molar-refractivity contribution in [3.05, 3.63) is 12.2 Å². The van der Waals surface area contributed by atoms with Crippen molar-refractivity contribution in [1.82, 2.24) is 4.90 Å². The van der Waals surface area contributed by atoms with Crippen LogP contribution in [0.25, 0.3) is 0 Å². The molecule has 1 heterocycles. The Bertz CT molecular complexity index is 356. The molecule has 1 saturated heterocycles. The van der Waals surface area contributed by atoms with Gasteiger partial charge in [0.25, 0.3) is 0 Å². The van der Waals surface area contributed by atoms with Crippen molar-refractivity contribution in [1.29, 1.82) is 0 Å². The summed E-state index contributed by atoms with van der Waals surface area (Å²) >= 11 is 1.53. The number of nitrogens with zero attached hydrogens (tertiary/aromatic N) is 1. The molecule has 0 aromatic rings. The van der Waals surface area contributed by atoms with E-state index in [-0.39, 0.29) is 11.3 Å². The lowest BCUT2D eigenvalue weighted by Crippen LogP contribution is -2.45. The Hall–Kier alpha value is -0.970. The minimum Gasteiger partial charge on any atom is -0.480 e. The van der Waals surface area contributed by atoms with E-state index in [0.717, 1.165) is 12.8 Å². The molecule has 94 valence electrons. The fourth-order valence-electron chi connectivity index (χ4n) is 2.41. The summed E-state index contributed by atoms with van der Waals surface area (Å²) in [7, 11) is 0. The molecule has 2 aliphatic rings. The standard InChI is InChI=1S/C12H17NO3S/c1-8-13(10(7-17-8)12(15)16)11(14)6-9-4-2-3-5-9/h2,4,8-10H,3,5-7H2,1H3,(H,15,16). The number of hydrogen-bond donors (Lipinski definition) is 1. The first-order valence-electron chi connectivity index (χ1n) is 5.92. The molecule has 1 aliphatic heterocycles. The van der Waals surface area contributed by atoms with Crippen molar-refractivity contribution < 1.29 is 14.7 Å². The number of amides is 1. The summed E-state index contributed by atoms with van der Waals surface area (Å²) in [6, 6.07) is -0.645. The molecule has 5 heteroatoms. The fraction of sp³-hybridized carbons (Fsp3) is 0.667. The number of allylic oxidation sites excluding steroid dienone is 2. The Balaban J connectivity index is 2.00. The van der Waals surface area contributed by atoms with E-state index in [0.29, 0.717) is 18.1 Å². The van der Waals surface area contributed by atoms with Gasteiger partial charge in [0.05, 0.1) is 5.37 Å². The van der Waals surface area contributed by atoms with Crippen LogP contribution < -0.4 is 0 Å². The summed E-state index contributed by atoms with van der Waals surface area (Å²) in [5.74, 6) is -0.110. The molecule has 1 amide bonds. The van der Waals surface area contributed by atoms with Gasteiger partial charge in [0, 0.05) is 12.2 Å². The molecule has 0 radical (unpaired) electrons. The molecule has 0 aromatic carbocycles. The average molecular weight is 255 g/mol. The maximum Gasteiger partial charge on any atom is 0.327 e. The lowest BCUT2D eigenvalue weighted by atomic mass is 10.0. The quantitative estimate of drug-likeness (QED) is 0.780. The van der Waals surface area contributed by atoms with Crippen LogP contribution >= 0.6 is 11.8 Å². The highest BCUT2D eigenvalue weighted by Crippen LogP contribution is 2.31. The third-order valence-electron chi connectivity index (χ3n) is 3.35. The third kappa shape index (κ3) is 2.65. The van der Waals surface area contributed by atoms with Gasteiger partial charge >= 0.3 is 5.97 Å². The predicted octanol–water partition coefficient (Wildman–Crippen LogP) is 1.72. The van der Waals surface area contributed by atoms with E-state index < -0.39 is 12.0 Å². The van der Waals surface area contributed by atoms with Crippen LogP contribution in [0.4, 0.5) is 0 Å². The summed E-state index contributed by atoms with van der Waals surface area (Å²) < 4.78 is 0. The van der Waals surface area contributed by atoms with Gasteiger partial charge in [-0.15, -0.1) is 11.8 Å². The minimum atomic E-state index is -0.892. The van der Waals surface area contributed by atoms with Crippen molar-refractivity contribution >= 4 is 23.6 Å². The molecule has 3 unspecified atom stereocenters. The molecule has 17 heavy (non-hydrogen) atoms. The zero-order valence-corrected chi connectivity index (χ0v) is 10.7. The van der Waals surface area contributed by atoms with Gasteiger partial charge in [0.15, 0.2) is 0 Å². The largest absolute Gasteiger partial charge is 0.480 e. The lowest BCUT2D eigenvalue weighted by Gasteiger charge is -2.26. The molecule has 0 aromatic heterocycles. The highest BCUT2D eigenvalue weighted by atomic mass is 32.2. The molecular formula is C12H17NO3S. The molecule has 1 fully saturated rings. The van der Waals surface area contributed by atoms with Crippen molar-refractivity contribution in [2.45, 2.75) is 37.6 Å². The lowest BCUT2D eigenvalue weighted by molar-refractivity contribution is -0.149. The van der Waals surface area contributed by atoms with Crippen LogP contribution in [0.3, 0.4) is 0 Å². The summed E-state index contributed by atoms with van der Waals surface area (Å²) in [6.07, 6.45) is 6.66. The number of rotatable bonds is 3. The van der Waals surface area contributed by atoms with E-state index in [4.69, 9.17) is 5.11 Å². The Labute approximate surface area is 105 Å². The summed E-state index contributed by atoms with van der Waals surface area (Å²) in [5.41, 5.74) is 0. The molecule has 3 atom stereocenters. The number of carboxylic acids is 1. The average Bonchev–Trinajstić information content (AvgIpc) is 2.86. The van der Waals surface area contributed by atoms with Crippen LogP contribution in [-0.4, -0.2) is 39.1 Å². The molecule has 4 nitrogen and oxygen atoms in total. The normalized spacial score (nSPS) is 32.1. The summed E-state index contributed by atoms with van der Waals surface area (Å²) in [4.78, 5) is 24.8. The van der Waals surface area contributed by atoms with Crippen LogP contribution in [0.2, 0.25) is 0 Å². The third-order valence-corrected chi connectivity index (χ3v) is 4.56. The molecule has 2 rings (SSSR count). The number of carboxylic acid groups (broad SMARTS) is 1. The zero-order chi connectivity index (χ0) is 12.4. The second-order valence-electron chi connectivity index (χ2n) is 4.56. The van der Waals surface area contributed by atoms with Gasteiger partial charge in [-0.25, -0.2) is 4.79 Å². The van der Waals surface area contributed by atoms with Crippen LogP contribution in [0.5, 0.6) is 0 Å². The topological polar surface area (TPSA) is 57.6 Å². The number of hydrogen-bond acceptors (Lipinski definition) is 3. The van der Waals surface area contributed by atoms with Gasteiger partial charge in [-0.3, -0.25) is 4.79 Å². The molecule has 0 bridgehead atoms. The summed E-state index contributed by atoms with van der Waals surface area (Å²) in [5, 5.41) is 9.07. The maximum absolute atomic E-state index is 12.1. The van der Waals surface area contributed by atoms with E-state index >= 15 is 0 Å². The first kappa shape index (κ1) is 12.5. The van der Waals surface area contributed by atoms with Crippen LogP contribution in [0.15, 0.2) is 12.2 Å². The van der Waals surface area contributed by atoms with Gasteiger partial charge in [0.1, 0.15) is 6.04 Å². The van der Waals surface area contributed by atoms with Gasteiger partial charge < -0.3 is 10.0 Å². The first-order valence-corrected chi connectivity index (χ1v) is 6.96. The van der Waals surface area contributed by atoms with E-state index in [1.165, 1.54) is 11.8 Å². The van der Waals surface area contributed by atoms with Gasteiger partial charge in [-0.1, -0.05) is 12.2 Å². The second-order valence-corrected chi connectivity index (χ2v) is 5.91. The highest BCUT2D eigenvalue weighted by molar-refractivity contribution is 8.00. The number of carbonyl (C=O) groups is 2. The monoisotopic (exact) mass is 255 g/mol. The van der Waals surface area contributed by atoms with Crippen molar-refractivity contribution in [3.8, 4) is 0 Å². The van der Waals surface area contributed by atoms with Crippen molar-refractivity contribution in [3.63, 3.8) is 0 Å². The molecular weight excluding hydrogens is 238 g/mol. The first-order chi connectivity index (χ1) is 8.09. The highest BCUT2D eigenvalue weighted by Gasteiger charge is 2.39. The molecule has 0 saturated carbocycles. The smallest absolute Gasteiger partial charge is 0.327 e. The van der Waals surface area contributed by atoms with E-state index in [2.05, 4.69) is 12.2 Å². The van der Waals surface area contributed by atoms with Crippen molar-refractivity contribution in [2.75, 3.05) is 5.75 Å². The van der Waals surface area contributed by atoms with Gasteiger partial charge in [-0.05, 0) is 25.7 Å². The number of thioether (sulfide) groups is 1. The number of aliphatic carboxylic acids is 1. The SMILES string of the molecule is CC1SCC(C(=O)O)N1C(=O)CC1C=CCC1. The molecule has 1 aliphatic carbocycles. The molecule has 0 spiro atoms. The van der Waals surface area contributed by atoms with Gasteiger partial charge in [0.2, 0.25) is 5.91 Å². The van der Waals surface area contributed by atoms with Crippen LogP contribution in [0, 0.1) is 5.92 Å². The van der Waals surface area contributed by atoms with E-state index in [1.54, 1.807) is 4.90 Å². The van der Waals surface area contributed by atoms with Gasteiger partial charge in [-0.2, -0.15) is 0 Å². The Morgan fingerprint density at radius 3 is 2.88 bits per heavy atom. The Morgan fingerprint density at radius 1 is 1.53 bits per heavy atom. The molecule has 1 N–H and O–H groups in total. The van der Waals surface area contributed by atoms with Crippen molar-refractivity contribution in [2.24, 2.45) is 5.92 Å². The minimum absolute atomic E-state index is 0.0195. The maximum atomic E-state index is 12.1. The van der Waals surface area contributed by atoms with Crippen LogP contribution in [0.1, 0.15) is 26.2 Å². The zero-order valence-electron chi connectivity index (χ0n) is 9.83. The number of carbonyl (C=O) groups excluding carboxylic acids is 1.